The van der Waals surface area contributed by atoms with Gasteiger partial charge in [-0.05, 0) is 42.4 Å². The van der Waals surface area contributed by atoms with E-state index in [0.29, 0.717) is 5.69 Å². The first kappa shape index (κ1) is 14.3. The summed E-state index contributed by atoms with van der Waals surface area (Å²) in [4.78, 5) is 38.1. The van der Waals surface area contributed by atoms with E-state index in [4.69, 9.17) is 5.73 Å². The van der Waals surface area contributed by atoms with Crippen LogP contribution < -0.4 is 11.1 Å². The maximum atomic E-state index is 12.1. The van der Waals surface area contributed by atoms with Gasteiger partial charge in [0.05, 0.1) is 11.3 Å². The number of carbonyl (C=O) groups is 2. The molecule has 0 spiro atoms. The summed E-state index contributed by atoms with van der Waals surface area (Å²) < 4.78 is 0. The Morgan fingerprint density at radius 2 is 2.00 bits per heavy atom. The molecular weight excluding hydrogens is 272 g/mol. The third-order valence-corrected chi connectivity index (χ3v) is 2.74. The van der Waals surface area contributed by atoms with Gasteiger partial charge >= 0.3 is 0 Å². The molecule has 0 aliphatic heterocycles. The van der Waals surface area contributed by atoms with Gasteiger partial charge in [0.25, 0.3) is 11.8 Å². The van der Waals surface area contributed by atoms with Gasteiger partial charge < -0.3 is 11.1 Å². The summed E-state index contributed by atoms with van der Waals surface area (Å²) in [5, 5.41) is 5.27. The Labute approximate surface area is 120 Å². The van der Waals surface area contributed by atoms with Crippen LogP contribution in [0.1, 0.15) is 26.5 Å². The second kappa shape index (κ2) is 5.91. The standard InChI is InChI=1S/C14H12N4O3/c1-8-3-2-4-11(16-8)14(20)17-12-7-9(18-21)5-6-10(12)13(15)19/h2-7H,1H3,(H2,15,19)(H,17,20). The van der Waals surface area contributed by atoms with Gasteiger partial charge in [-0.25, -0.2) is 4.98 Å². The Morgan fingerprint density at radius 3 is 2.62 bits per heavy atom. The van der Waals surface area contributed by atoms with Crippen molar-refractivity contribution in [3.05, 3.63) is 58.3 Å². The van der Waals surface area contributed by atoms with Crippen LogP contribution >= 0.6 is 0 Å². The van der Waals surface area contributed by atoms with Gasteiger partial charge in [-0.2, -0.15) is 0 Å². The Kier molecular flexibility index (Phi) is 4.03. The van der Waals surface area contributed by atoms with Gasteiger partial charge in [0.15, 0.2) is 0 Å². The molecule has 2 rings (SSSR count). The van der Waals surface area contributed by atoms with Crippen molar-refractivity contribution in [1.29, 1.82) is 0 Å². The average Bonchev–Trinajstić information content (AvgIpc) is 2.46. The zero-order valence-electron chi connectivity index (χ0n) is 11.2. The van der Waals surface area contributed by atoms with E-state index in [1.807, 2.05) is 0 Å². The van der Waals surface area contributed by atoms with E-state index in [1.54, 1.807) is 19.1 Å². The predicted molar refractivity (Wildman–Crippen MR) is 77.3 cm³/mol. The minimum absolute atomic E-state index is 0.0764. The number of aryl methyl sites for hydroxylation is 1. The highest BCUT2D eigenvalue weighted by molar-refractivity contribution is 6.08. The van der Waals surface area contributed by atoms with E-state index < -0.39 is 11.8 Å². The Morgan fingerprint density at radius 1 is 1.24 bits per heavy atom. The first-order valence-corrected chi connectivity index (χ1v) is 6.03. The van der Waals surface area contributed by atoms with E-state index >= 15 is 0 Å². The van der Waals surface area contributed by atoms with E-state index in [1.165, 1.54) is 24.3 Å². The number of pyridine rings is 1. The third-order valence-electron chi connectivity index (χ3n) is 2.74. The smallest absolute Gasteiger partial charge is 0.274 e. The SMILES string of the molecule is Cc1cccc(C(=O)Nc2cc(N=O)ccc2C(N)=O)n1. The van der Waals surface area contributed by atoms with Crippen molar-refractivity contribution in [2.24, 2.45) is 10.9 Å². The third kappa shape index (κ3) is 3.27. The van der Waals surface area contributed by atoms with Crippen molar-refractivity contribution >= 4 is 23.2 Å². The second-order valence-electron chi connectivity index (χ2n) is 4.30. The van der Waals surface area contributed by atoms with E-state index in [-0.39, 0.29) is 22.6 Å². The number of nitrogens with zero attached hydrogens (tertiary/aromatic N) is 2. The van der Waals surface area contributed by atoms with Crippen LogP contribution in [-0.4, -0.2) is 16.8 Å². The predicted octanol–water partition coefficient (Wildman–Crippen LogP) is 2.14. The summed E-state index contributed by atoms with van der Waals surface area (Å²) in [5.74, 6) is -1.23. The average molecular weight is 284 g/mol. The fraction of sp³-hybridized carbons (Fsp3) is 0.0714. The summed E-state index contributed by atoms with van der Waals surface area (Å²) in [6.45, 7) is 1.75. The number of aromatic nitrogens is 1. The van der Waals surface area contributed by atoms with Gasteiger partial charge in [-0.1, -0.05) is 6.07 Å². The summed E-state index contributed by atoms with van der Waals surface area (Å²) in [6, 6.07) is 8.93. The topological polar surface area (TPSA) is 115 Å². The van der Waals surface area contributed by atoms with E-state index in [0.717, 1.165) is 0 Å². The molecule has 1 heterocycles. The minimum atomic E-state index is -0.722. The molecule has 7 heteroatoms. The van der Waals surface area contributed by atoms with Crippen LogP contribution in [0.2, 0.25) is 0 Å². The maximum Gasteiger partial charge on any atom is 0.274 e. The molecule has 0 aliphatic rings. The molecule has 0 saturated heterocycles. The van der Waals surface area contributed by atoms with Crippen molar-refractivity contribution in [3.8, 4) is 0 Å². The van der Waals surface area contributed by atoms with Crippen molar-refractivity contribution in [3.63, 3.8) is 0 Å². The lowest BCUT2D eigenvalue weighted by Gasteiger charge is -2.09. The van der Waals surface area contributed by atoms with Crippen molar-refractivity contribution in [2.45, 2.75) is 6.92 Å². The number of nitrogens with one attached hydrogen (secondary N) is 1. The quantitative estimate of drug-likeness (QED) is 0.837. The number of hydrogen-bond acceptors (Lipinski definition) is 5. The van der Waals surface area contributed by atoms with Crippen LogP contribution in [0.5, 0.6) is 0 Å². The van der Waals surface area contributed by atoms with Gasteiger partial charge in [0.2, 0.25) is 0 Å². The maximum absolute atomic E-state index is 12.1. The minimum Gasteiger partial charge on any atom is -0.366 e. The molecule has 106 valence electrons. The first-order valence-electron chi connectivity index (χ1n) is 6.03. The second-order valence-corrected chi connectivity index (χ2v) is 4.30. The number of nitroso groups, excluding NO2 is 1. The summed E-state index contributed by atoms with van der Waals surface area (Å²) in [7, 11) is 0. The van der Waals surface area contributed by atoms with E-state index in [9.17, 15) is 14.5 Å². The number of hydrogen-bond donors (Lipinski definition) is 2. The molecule has 0 saturated carbocycles. The van der Waals surface area contributed by atoms with E-state index in [2.05, 4.69) is 15.5 Å². The highest BCUT2D eigenvalue weighted by atomic mass is 16.3. The number of carbonyl (C=O) groups excluding carboxylic acids is 2. The Balaban J connectivity index is 2.35. The number of anilines is 1. The molecule has 2 amide bonds. The zero-order valence-corrected chi connectivity index (χ0v) is 11.2. The molecule has 0 atom stereocenters. The Hall–Kier alpha value is -3.09. The van der Waals surface area contributed by atoms with Crippen LogP contribution in [0, 0.1) is 11.8 Å². The fourth-order valence-electron chi connectivity index (χ4n) is 1.76. The summed E-state index contributed by atoms with van der Waals surface area (Å²) in [6.07, 6.45) is 0. The lowest BCUT2D eigenvalue weighted by atomic mass is 10.1. The molecule has 0 unspecified atom stereocenters. The molecule has 0 bridgehead atoms. The zero-order chi connectivity index (χ0) is 15.4. The van der Waals surface area contributed by atoms with Crippen LogP contribution in [0.3, 0.4) is 0 Å². The lowest BCUT2D eigenvalue weighted by Crippen LogP contribution is -2.19. The number of benzene rings is 1. The highest BCUT2D eigenvalue weighted by Gasteiger charge is 2.14. The molecule has 2 aromatic rings. The number of primary amides is 1. The number of rotatable bonds is 4. The molecule has 0 radical (unpaired) electrons. The Bertz CT molecular complexity index is 728. The first-order chi connectivity index (χ1) is 10.0. The summed E-state index contributed by atoms with van der Waals surface area (Å²) in [5.41, 5.74) is 6.38. The van der Waals surface area contributed by atoms with Gasteiger partial charge in [0.1, 0.15) is 11.4 Å². The van der Waals surface area contributed by atoms with Crippen molar-refractivity contribution in [1.82, 2.24) is 4.98 Å². The monoisotopic (exact) mass is 284 g/mol. The van der Waals surface area contributed by atoms with Crippen LogP contribution in [0.25, 0.3) is 0 Å². The molecule has 7 nitrogen and oxygen atoms in total. The number of nitrogens with two attached hydrogens (primary N) is 1. The highest BCUT2D eigenvalue weighted by Crippen LogP contribution is 2.23. The van der Waals surface area contributed by atoms with Crippen LogP contribution in [0.4, 0.5) is 11.4 Å². The molecule has 3 N–H and O–H groups in total. The summed E-state index contributed by atoms with van der Waals surface area (Å²) >= 11 is 0. The fourth-order valence-corrected chi connectivity index (χ4v) is 1.76. The molecule has 1 aromatic heterocycles. The molecule has 0 aliphatic carbocycles. The van der Waals surface area contributed by atoms with Crippen LogP contribution in [-0.2, 0) is 0 Å². The molecule has 21 heavy (non-hydrogen) atoms. The lowest BCUT2D eigenvalue weighted by molar-refractivity contribution is 0.100. The molecule has 0 fully saturated rings. The van der Waals surface area contributed by atoms with Crippen molar-refractivity contribution in [2.75, 3.05) is 5.32 Å². The normalized spacial score (nSPS) is 9.95. The molecular formula is C14H12N4O3. The van der Waals surface area contributed by atoms with Gasteiger partial charge in [-0.15, -0.1) is 4.91 Å². The number of amides is 2. The van der Waals surface area contributed by atoms with Gasteiger partial charge in [-0.3, -0.25) is 9.59 Å². The van der Waals surface area contributed by atoms with Crippen molar-refractivity contribution < 1.29 is 9.59 Å². The van der Waals surface area contributed by atoms with Crippen LogP contribution in [0.15, 0.2) is 41.6 Å². The molecule has 1 aromatic carbocycles. The largest absolute Gasteiger partial charge is 0.366 e. The van der Waals surface area contributed by atoms with Gasteiger partial charge in [0, 0.05) is 5.69 Å².